The van der Waals surface area contributed by atoms with Crippen LogP contribution in [0.2, 0.25) is 0 Å². The standard InChI is InChI=1S/C16H19N3O2/c1-11-17-16(21-19-11)8-4-7-15(20)18-14-10-9-12-5-2-3-6-13(12)14/h2-3,5-6,14H,4,7-10H2,1H3,(H,18,20)/t14-/m0/s1. The molecule has 1 N–H and O–H groups in total. The quantitative estimate of drug-likeness (QED) is 0.916. The molecule has 0 aliphatic heterocycles. The van der Waals surface area contributed by atoms with Crippen LogP contribution in [0.5, 0.6) is 0 Å². The number of hydrogen-bond donors (Lipinski definition) is 1. The summed E-state index contributed by atoms with van der Waals surface area (Å²) in [4.78, 5) is 16.2. The number of rotatable bonds is 5. The van der Waals surface area contributed by atoms with Gasteiger partial charge in [0.15, 0.2) is 5.82 Å². The minimum atomic E-state index is 0.0907. The van der Waals surface area contributed by atoms with Crippen molar-refractivity contribution in [3.05, 3.63) is 47.1 Å². The second-order valence-corrected chi connectivity index (χ2v) is 5.45. The molecule has 1 aromatic carbocycles. The molecule has 0 bridgehead atoms. The lowest BCUT2D eigenvalue weighted by Gasteiger charge is -2.13. The molecule has 0 unspecified atom stereocenters. The number of hydrogen-bond acceptors (Lipinski definition) is 4. The second-order valence-electron chi connectivity index (χ2n) is 5.45. The highest BCUT2D eigenvalue weighted by molar-refractivity contribution is 5.76. The summed E-state index contributed by atoms with van der Waals surface area (Å²) in [5.41, 5.74) is 2.61. The molecule has 1 aliphatic carbocycles. The molecule has 5 nitrogen and oxygen atoms in total. The summed E-state index contributed by atoms with van der Waals surface area (Å²) < 4.78 is 5.03. The summed E-state index contributed by atoms with van der Waals surface area (Å²) in [6.07, 6.45) is 3.90. The zero-order valence-electron chi connectivity index (χ0n) is 12.1. The van der Waals surface area contributed by atoms with E-state index in [1.807, 2.05) is 6.07 Å². The fourth-order valence-electron chi connectivity index (χ4n) is 2.82. The first-order valence-corrected chi connectivity index (χ1v) is 7.39. The molecule has 110 valence electrons. The first kappa shape index (κ1) is 13.8. The maximum absolute atomic E-state index is 12.0. The molecular weight excluding hydrogens is 266 g/mol. The highest BCUT2D eigenvalue weighted by atomic mass is 16.5. The van der Waals surface area contributed by atoms with Gasteiger partial charge in [-0.1, -0.05) is 29.4 Å². The Labute approximate surface area is 123 Å². The van der Waals surface area contributed by atoms with E-state index < -0.39 is 0 Å². The smallest absolute Gasteiger partial charge is 0.226 e. The van der Waals surface area contributed by atoms with Crippen LogP contribution >= 0.6 is 0 Å². The van der Waals surface area contributed by atoms with Crippen LogP contribution < -0.4 is 5.32 Å². The highest BCUT2D eigenvalue weighted by Gasteiger charge is 2.23. The summed E-state index contributed by atoms with van der Waals surface area (Å²) in [6, 6.07) is 8.49. The molecule has 0 saturated heterocycles. The number of amides is 1. The summed E-state index contributed by atoms with van der Waals surface area (Å²) in [5, 5.41) is 6.86. The van der Waals surface area contributed by atoms with E-state index in [-0.39, 0.29) is 11.9 Å². The van der Waals surface area contributed by atoms with Gasteiger partial charge in [0.2, 0.25) is 11.8 Å². The van der Waals surface area contributed by atoms with E-state index in [9.17, 15) is 4.79 Å². The molecule has 2 aromatic rings. The van der Waals surface area contributed by atoms with Crippen molar-refractivity contribution in [2.24, 2.45) is 0 Å². The lowest BCUT2D eigenvalue weighted by molar-refractivity contribution is -0.121. The van der Waals surface area contributed by atoms with Gasteiger partial charge in [0.05, 0.1) is 6.04 Å². The topological polar surface area (TPSA) is 68.0 Å². The second kappa shape index (κ2) is 6.08. The van der Waals surface area contributed by atoms with Crippen molar-refractivity contribution in [2.45, 2.75) is 45.1 Å². The Morgan fingerprint density at radius 2 is 2.29 bits per heavy atom. The minimum Gasteiger partial charge on any atom is -0.349 e. The number of carbonyl (C=O) groups is 1. The zero-order chi connectivity index (χ0) is 14.7. The minimum absolute atomic E-state index is 0.0907. The van der Waals surface area contributed by atoms with E-state index in [1.165, 1.54) is 11.1 Å². The fraction of sp³-hybridized carbons (Fsp3) is 0.438. The Kier molecular flexibility index (Phi) is 3.99. The SMILES string of the molecule is Cc1noc(CCCC(=O)N[C@H]2CCc3ccccc32)n1. The van der Waals surface area contributed by atoms with Gasteiger partial charge >= 0.3 is 0 Å². The first-order valence-electron chi connectivity index (χ1n) is 7.39. The average molecular weight is 285 g/mol. The summed E-state index contributed by atoms with van der Waals surface area (Å²) in [5.74, 6) is 1.33. The molecule has 1 atom stereocenters. The summed E-state index contributed by atoms with van der Waals surface area (Å²) in [7, 11) is 0. The van der Waals surface area contributed by atoms with Gasteiger partial charge in [0.1, 0.15) is 0 Å². The molecule has 0 spiro atoms. The number of aryl methyl sites for hydroxylation is 3. The van der Waals surface area contributed by atoms with Crippen LogP contribution in [0.1, 0.15) is 48.1 Å². The van der Waals surface area contributed by atoms with E-state index in [1.54, 1.807) is 6.92 Å². The van der Waals surface area contributed by atoms with Gasteiger partial charge in [-0.05, 0) is 37.3 Å². The number of benzene rings is 1. The average Bonchev–Trinajstić information content (AvgIpc) is 3.06. The van der Waals surface area contributed by atoms with Crippen molar-refractivity contribution in [3.63, 3.8) is 0 Å². The van der Waals surface area contributed by atoms with E-state index in [0.29, 0.717) is 24.6 Å². The summed E-state index contributed by atoms with van der Waals surface area (Å²) in [6.45, 7) is 1.79. The Morgan fingerprint density at radius 1 is 1.43 bits per heavy atom. The Bertz CT molecular complexity index is 636. The van der Waals surface area contributed by atoms with Gasteiger partial charge in [-0.2, -0.15) is 4.98 Å². The molecule has 1 aromatic heterocycles. The van der Waals surface area contributed by atoms with Gasteiger partial charge in [-0.3, -0.25) is 4.79 Å². The van der Waals surface area contributed by atoms with Crippen LogP contribution in [0.15, 0.2) is 28.8 Å². The fourth-order valence-corrected chi connectivity index (χ4v) is 2.82. The van der Waals surface area contributed by atoms with Crippen molar-refractivity contribution in [3.8, 4) is 0 Å². The third-order valence-electron chi connectivity index (χ3n) is 3.83. The van der Waals surface area contributed by atoms with Crippen LogP contribution in [0.25, 0.3) is 0 Å². The number of aromatic nitrogens is 2. The van der Waals surface area contributed by atoms with Gasteiger partial charge < -0.3 is 9.84 Å². The van der Waals surface area contributed by atoms with Gasteiger partial charge in [-0.15, -0.1) is 0 Å². The van der Waals surface area contributed by atoms with Gasteiger partial charge in [0, 0.05) is 12.8 Å². The van der Waals surface area contributed by atoms with E-state index in [4.69, 9.17) is 4.52 Å². The molecule has 5 heteroatoms. The van der Waals surface area contributed by atoms with Gasteiger partial charge in [-0.25, -0.2) is 0 Å². The third-order valence-corrected chi connectivity index (χ3v) is 3.83. The monoisotopic (exact) mass is 285 g/mol. The lowest BCUT2D eigenvalue weighted by atomic mass is 10.1. The lowest BCUT2D eigenvalue weighted by Crippen LogP contribution is -2.26. The molecule has 0 saturated carbocycles. The van der Waals surface area contributed by atoms with Crippen LogP contribution in [0.4, 0.5) is 0 Å². The predicted octanol–water partition coefficient (Wildman–Crippen LogP) is 2.50. The first-order chi connectivity index (χ1) is 10.2. The van der Waals surface area contributed by atoms with E-state index >= 15 is 0 Å². The van der Waals surface area contributed by atoms with Crippen molar-refractivity contribution < 1.29 is 9.32 Å². The van der Waals surface area contributed by atoms with Crippen molar-refractivity contribution in [1.82, 2.24) is 15.5 Å². The molecule has 0 radical (unpaired) electrons. The molecule has 1 aliphatic rings. The number of fused-ring (bicyclic) bond motifs is 1. The highest BCUT2D eigenvalue weighted by Crippen LogP contribution is 2.30. The Balaban J connectivity index is 1.47. The summed E-state index contributed by atoms with van der Waals surface area (Å²) >= 11 is 0. The van der Waals surface area contributed by atoms with Gasteiger partial charge in [0.25, 0.3) is 0 Å². The number of nitrogens with zero attached hydrogens (tertiary/aromatic N) is 2. The van der Waals surface area contributed by atoms with Crippen LogP contribution in [0.3, 0.4) is 0 Å². The van der Waals surface area contributed by atoms with Crippen LogP contribution in [-0.4, -0.2) is 16.0 Å². The number of nitrogens with one attached hydrogen (secondary N) is 1. The molecule has 1 heterocycles. The van der Waals surface area contributed by atoms with Crippen LogP contribution in [0, 0.1) is 6.92 Å². The maximum atomic E-state index is 12.0. The van der Waals surface area contributed by atoms with E-state index in [0.717, 1.165) is 19.3 Å². The van der Waals surface area contributed by atoms with Crippen molar-refractivity contribution >= 4 is 5.91 Å². The molecule has 0 fully saturated rings. The number of carbonyl (C=O) groups excluding carboxylic acids is 1. The molecule has 21 heavy (non-hydrogen) atoms. The zero-order valence-corrected chi connectivity index (χ0v) is 12.1. The van der Waals surface area contributed by atoms with Crippen LogP contribution in [-0.2, 0) is 17.6 Å². The Hall–Kier alpha value is -2.17. The predicted molar refractivity (Wildman–Crippen MR) is 77.6 cm³/mol. The molecular formula is C16H19N3O2. The molecule has 3 rings (SSSR count). The molecule has 1 amide bonds. The van der Waals surface area contributed by atoms with Crippen molar-refractivity contribution in [1.29, 1.82) is 0 Å². The maximum Gasteiger partial charge on any atom is 0.226 e. The van der Waals surface area contributed by atoms with E-state index in [2.05, 4.69) is 33.7 Å². The third kappa shape index (κ3) is 3.29. The van der Waals surface area contributed by atoms with Crippen molar-refractivity contribution in [2.75, 3.05) is 0 Å². The normalized spacial score (nSPS) is 16.7. The largest absolute Gasteiger partial charge is 0.349 e. The Morgan fingerprint density at radius 3 is 3.10 bits per heavy atom.